The van der Waals surface area contributed by atoms with Crippen molar-refractivity contribution in [1.29, 1.82) is 0 Å². The second kappa shape index (κ2) is 4.84. The van der Waals surface area contributed by atoms with Gasteiger partial charge in [-0.05, 0) is 24.7 Å². The Bertz CT molecular complexity index is 450. The van der Waals surface area contributed by atoms with E-state index >= 15 is 0 Å². The molecule has 1 saturated heterocycles. The van der Waals surface area contributed by atoms with Gasteiger partial charge < -0.3 is 10.0 Å². The van der Waals surface area contributed by atoms with Crippen LogP contribution in [0.2, 0.25) is 10.0 Å². The highest BCUT2D eigenvalue weighted by Gasteiger charge is 2.37. The Morgan fingerprint density at radius 2 is 2.12 bits per heavy atom. The van der Waals surface area contributed by atoms with E-state index in [-0.39, 0.29) is 5.92 Å². The van der Waals surface area contributed by atoms with Gasteiger partial charge in [-0.2, -0.15) is 0 Å². The van der Waals surface area contributed by atoms with Crippen molar-refractivity contribution in [3.63, 3.8) is 0 Å². The highest BCUT2D eigenvalue weighted by Crippen LogP contribution is 2.36. The maximum Gasteiger partial charge on any atom is 0.308 e. The molecule has 1 aromatic rings. The summed E-state index contributed by atoms with van der Waals surface area (Å²) in [7, 11) is 1.92. The molecule has 1 heterocycles. The minimum atomic E-state index is -0.773. The SMILES string of the molecule is CN1C[C@H](C(=O)O)[C@@H](c2ccc(Cl)cc2Cl)C1. The van der Waals surface area contributed by atoms with Gasteiger partial charge in [0.25, 0.3) is 0 Å². The number of aliphatic carboxylic acids is 1. The predicted octanol–water partition coefficient (Wildman–Crippen LogP) is 2.72. The van der Waals surface area contributed by atoms with Crippen LogP contribution in [0.15, 0.2) is 18.2 Å². The molecule has 0 radical (unpaired) electrons. The number of hydrogen-bond donors (Lipinski definition) is 1. The molecule has 0 aliphatic carbocycles. The van der Waals surface area contributed by atoms with E-state index in [9.17, 15) is 9.90 Å². The van der Waals surface area contributed by atoms with Crippen LogP contribution in [0.25, 0.3) is 0 Å². The van der Waals surface area contributed by atoms with Crippen LogP contribution in [0.1, 0.15) is 11.5 Å². The van der Waals surface area contributed by atoms with Crippen LogP contribution in [0, 0.1) is 5.92 Å². The molecule has 0 spiro atoms. The van der Waals surface area contributed by atoms with Gasteiger partial charge in [0.2, 0.25) is 0 Å². The van der Waals surface area contributed by atoms with E-state index in [1.54, 1.807) is 12.1 Å². The van der Waals surface area contributed by atoms with Crippen LogP contribution in [0.3, 0.4) is 0 Å². The van der Waals surface area contributed by atoms with Gasteiger partial charge in [-0.25, -0.2) is 0 Å². The lowest BCUT2D eigenvalue weighted by atomic mass is 9.89. The molecular formula is C12H13Cl2NO2. The molecule has 5 heteroatoms. The number of carbonyl (C=O) groups is 1. The van der Waals surface area contributed by atoms with Crippen LogP contribution in [0.5, 0.6) is 0 Å². The zero-order valence-electron chi connectivity index (χ0n) is 9.36. The van der Waals surface area contributed by atoms with Crippen molar-refractivity contribution < 1.29 is 9.90 Å². The van der Waals surface area contributed by atoms with Gasteiger partial charge in [-0.1, -0.05) is 29.3 Å². The van der Waals surface area contributed by atoms with Crippen molar-refractivity contribution in [3.8, 4) is 0 Å². The number of likely N-dealkylation sites (tertiary alicyclic amines) is 1. The lowest BCUT2D eigenvalue weighted by Crippen LogP contribution is -2.21. The maximum absolute atomic E-state index is 11.2. The zero-order chi connectivity index (χ0) is 12.6. The zero-order valence-corrected chi connectivity index (χ0v) is 10.9. The van der Waals surface area contributed by atoms with Crippen molar-refractivity contribution in [2.24, 2.45) is 5.92 Å². The van der Waals surface area contributed by atoms with Gasteiger partial charge in [0.15, 0.2) is 0 Å². The minimum Gasteiger partial charge on any atom is -0.481 e. The summed E-state index contributed by atoms with van der Waals surface area (Å²) in [6, 6.07) is 5.24. The Kier molecular flexibility index (Phi) is 3.61. The smallest absolute Gasteiger partial charge is 0.308 e. The Morgan fingerprint density at radius 1 is 1.41 bits per heavy atom. The van der Waals surface area contributed by atoms with Gasteiger partial charge in [0.05, 0.1) is 5.92 Å². The summed E-state index contributed by atoms with van der Waals surface area (Å²) in [6.45, 7) is 1.26. The minimum absolute atomic E-state index is 0.0673. The summed E-state index contributed by atoms with van der Waals surface area (Å²) in [5.74, 6) is -1.24. The van der Waals surface area contributed by atoms with Gasteiger partial charge in [-0.15, -0.1) is 0 Å². The number of halogens is 2. The highest BCUT2D eigenvalue weighted by molar-refractivity contribution is 6.35. The van der Waals surface area contributed by atoms with Crippen LogP contribution in [-0.4, -0.2) is 36.1 Å². The molecular weight excluding hydrogens is 261 g/mol. The first-order valence-electron chi connectivity index (χ1n) is 5.35. The van der Waals surface area contributed by atoms with Gasteiger partial charge in [0, 0.05) is 29.1 Å². The van der Waals surface area contributed by atoms with E-state index in [4.69, 9.17) is 23.2 Å². The number of rotatable bonds is 2. The Morgan fingerprint density at radius 3 is 2.71 bits per heavy atom. The topological polar surface area (TPSA) is 40.5 Å². The first kappa shape index (κ1) is 12.7. The average Bonchev–Trinajstić information content (AvgIpc) is 2.60. The third kappa shape index (κ3) is 2.57. The fourth-order valence-corrected chi connectivity index (χ4v) is 2.92. The van der Waals surface area contributed by atoms with Gasteiger partial charge in [-0.3, -0.25) is 4.79 Å². The molecule has 2 rings (SSSR count). The number of carboxylic acid groups (broad SMARTS) is 1. The standard InChI is InChI=1S/C12H13Cl2NO2/c1-15-5-9(10(6-15)12(16)17)8-3-2-7(13)4-11(8)14/h2-4,9-10H,5-6H2,1H3,(H,16,17)/t9-,10+/m1/s1. The number of carboxylic acids is 1. The van der Waals surface area contributed by atoms with Crippen molar-refractivity contribution in [3.05, 3.63) is 33.8 Å². The molecule has 0 saturated carbocycles. The Balaban J connectivity index is 2.34. The monoisotopic (exact) mass is 273 g/mol. The van der Waals surface area contributed by atoms with Gasteiger partial charge in [0.1, 0.15) is 0 Å². The normalized spacial score (nSPS) is 25.1. The molecule has 1 N–H and O–H groups in total. The first-order chi connectivity index (χ1) is 7.99. The molecule has 3 nitrogen and oxygen atoms in total. The molecule has 17 heavy (non-hydrogen) atoms. The van der Waals surface area contributed by atoms with E-state index in [2.05, 4.69) is 0 Å². The van der Waals surface area contributed by atoms with Crippen molar-refractivity contribution in [2.45, 2.75) is 5.92 Å². The van der Waals surface area contributed by atoms with Crippen molar-refractivity contribution >= 4 is 29.2 Å². The fourth-order valence-electron chi connectivity index (χ4n) is 2.37. The third-order valence-corrected chi connectivity index (χ3v) is 3.74. The molecule has 1 aromatic carbocycles. The molecule has 0 unspecified atom stereocenters. The number of nitrogens with zero attached hydrogens (tertiary/aromatic N) is 1. The summed E-state index contributed by atoms with van der Waals surface area (Å²) in [4.78, 5) is 13.2. The highest BCUT2D eigenvalue weighted by atomic mass is 35.5. The number of benzene rings is 1. The molecule has 1 fully saturated rings. The summed E-state index contributed by atoms with van der Waals surface area (Å²) in [5, 5.41) is 10.3. The maximum atomic E-state index is 11.2. The molecule has 0 amide bonds. The summed E-state index contributed by atoms with van der Waals surface area (Å²) in [5.41, 5.74) is 0.868. The summed E-state index contributed by atoms with van der Waals surface area (Å²) >= 11 is 12.0. The van der Waals surface area contributed by atoms with Crippen molar-refractivity contribution in [2.75, 3.05) is 20.1 Å². The van der Waals surface area contributed by atoms with Crippen LogP contribution in [-0.2, 0) is 4.79 Å². The molecule has 0 aromatic heterocycles. The fraction of sp³-hybridized carbons (Fsp3) is 0.417. The van der Waals surface area contributed by atoms with Crippen LogP contribution in [0.4, 0.5) is 0 Å². The molecule has 1 aliphatic heterocycles. The largest absolute Gasteiger partial charge is 0.481 e. The quantitative estimate of drug-likeness (QED) is 0.901. The van der Waals surface area contributed by atoms with Crippen LogP contribution < -0.4 is 0 Å². The lowest BCUT2D eigenvalue weighted by molar-refractivity contribution is -0.141. The second-order valence-electron chi connectivity index (χ2n) is 4.44. The Hall–Kier alpha value is -0.770. The van der Waals surface area contributed by atoms with E-state index in [1.165, 1.54) is 0 Å². The Labute approximate surface area is 110 Å². The third-order valence-electron chi connectivity index (χ3n) is 3.18. The first-order valence-corrected chi connectivity index (χ1v) is 6.11. The lowest BCUT2D eigenvalue weighted by Gasteiger charge is -2.16. The number of hydrogen-bond acceptors (Lipinski definition) is 2. The van der Waals surface area contributed by atoms with Crippen molar-refractivity contribution in [1.82, 2.24) is 4.90 Å². The molecule has 1 aliphatic rings. The summed E-state index contributed by atoms with van der Waals surface area (Å²) < 4.78 is 0. The summed E-state index contributed by atoms with van der Waals surface area (Å²) in [6.07, 6.45) is 0. The van der Waals surface area contributed by atoms with E-state index in [1.807, 2.05) is 18.0 Å². The predicted molar refractivity (Wildman–Crippen MR) is 67.8 cm³/mol. The van der Waals surface area contributed by atoms with Gasteiger partial charge >= 0.3 is 5.97 Å². The van der Waals surface area contributed by atoms with E-state index in [0.29, 0.717) is 23.1 Å². The molecule has 92 valence electrons. The molecule has 2 atom stereocenters. The van der Waals surface area contributed by atoms with E-state index < -0.39 is 11.9 Å². The molecule has 0 bridgehead atoms. The number of likely N-dealkylation sites (N-methyl/N-ethyl adjacent to an activating group) is 1. The second-order valence-corrected chi connectivity index (χ2v) is 5.28. The average molecular weight is 274 g/mol. The van der Waals surface area contributed by atoms with Crippen LogP contribution >= 0.6 is 23.2 Å². The van der Waals surface area contributed by atoms with E-state index in [0.717, 1.165) is 5.56 Å².